The molecule has 1 aliphatic rings. The monoisotopic (exact) mass is 384 g/mol. The molecule has 27 heavy (non-hydrogen) atoms. The van der Waals surface area contributed by atoms with E-state index in [4.69, 9.17) is 0 Å². The van der Waals surface area contributed by atoms with Gasteiger partial charge in [-0.15, -0.1) is 0 Å². The van der Waals surface area contributed by atoms with Crippen LogP contribution in [0.2, 0.25) is 0 Å². The maximum absolute atomic E-state index is 12.5. The first kappa shape index (κ1) is 19.3. The van der Waals surface area contributed by atoms with E-state index in [0.717, 1.165) is 11.1 Å². The zero-order valence-corrected chi connectivity index (χ0v) is 15.9. The van der Waals surface area contributed by atoms with Crippen LogP contribution in [0, 0.1) is 5.92 Å². The number of nitrogens with zero attached hydrogens (tertiary/aromatic N) is 1. The average molecular weight is 385 g/mol. The highest BCUT2D eigenvalue weighted by atomic mass is 32.2. The molecule has 2 aromatic rings. The van der Waals surface area contributed by atoms with Crippen molar-refractivity contribution in [1.82, 2.24) is 9.62 Å². The zero-order chi connectivity index (χ0) is 19.1. The normalized spacial score (nSPS) is 16.4. The van der Waals surface area contributed by atoms with Gasteiger partial charge in [-0.05, 0) is 30.0 Å². The van der Waals surface area contributed by atoms with E-state index >= 15 is 0 Å². The summed E-state index contributed by atoms with van der Waals surface area (Å²) in [5, 5.41) is 4.20. The van der Waals surface area contributed by atoms with Gasteiger partial charge in [0.15, 0.2) is 0 Å². The molecule has 1 aliphatic heterocycles. The molecule has 2 aromatic carbocycles. The molecule has 0 bridgehead atoms. The number of sulfonamides is 1. The van der Waals surface area contributed by atoms with Crippen LogP contribution in [0.15, 0.2) is 66.1 Å². The van der Waals surface area contributed by atoms with Gasteiger partial charge in [-0.1, -0.05) is 60.7 Å². The van der Waals surface area contributed by atoms with Crippen LogP contribution in [-0.2, 0) is 21.4 Å². The van der Waals surface area contributed by atoms with Gasteiger partial charge in [0.05, 0.1) is 0 Å². The van der Waals surface area contributed by atoms with Gasteiger partial charge in [-0.2, -0.15) is 4.31 Å². The Morgan fingerprint density at radius 2 is 1.59 bits per heavy atom. The van der Waals surface area contributed by atoms with Crippen LogP contribution < -0.4 is 5.32 Å². The van der Waals surface area contributed by atoms with E-state index in [2.05, 4.69) is 5.32 Å². The third-order valence-electron chi connectivity index (χ3n) is 4.73. The molecule has 0 saturated carbocycles. The SMILES string of the molecule is O=C(NCc1ccccc1)C1CCN(S(=O)(=O)/C=C/c2ccccc2)CC1. The number of carbonyl (C=O) groups excluding carboxylic acids is 1. The smallest absolute Gasteiger partial charge is 0.236 e. The van der Waals surface area contributed by atoms with Crippen LogP contribution in [0.5, 0.6) is 0 Å². The molecule has 3 rings (SSSR count). The third-order valence-corrected chi connectivity index (χ3v) is 6.29. The summed E-state index contributed by atoms with van der Waals surface area (Å²) in [4.78, 5) is 12.3. The third kappa shape index (κ3) is 5.52. The summed E-state index contributed by atoms with van der Waals surface area (Å²) in [7, 11) is -3.46. The second kappa shape index (κ2) is 8.97. The molecule has 0 unspecified atom stereocenters. The molecule has 1 fully saturated rings. The van der Waals surface area contributed by atoms with Gasteiger partial charge >= 0.3 is 0 Å². The van der Waals surface area contributed by atoms with Crippen LogP contribution >= 0.6 is 0 Å². The molecule has 1 amide bonds. The molecule has 1 saturated heterocycles. The van der Waals surface area contributed by atoms with Crippen molar-refractivity contribution in [3.63, 3.8) is 0 Å². The van der Waals surface area contributed by atoms with Gasteiger partial charge < -0.3 is 5.32 Å². The van der Waals surface area contributed by atoms with Crippen molar-refractivity contribution in [3.8, 4) is 0 Å². The molecule has 0 radical (unpaired) electrons. The number of hydrogen-bond donors (Lipinski definition) is 1. The molecule has 6 heteroatoms. The fraction of sp³-hybridized carbons (Fsp3) is 0.286. The van der Waals surface area contributed by atoms with Crippen molar-refractivity contribution in [3.05, 3.63) is 77.2 Å². The molecular formula is C21H24N2O3S. The van der Waals surface area contributed by atoms with E-state index in [1.807, 2.05) is 60.7 Å². The van der Waals surface area contributed by atoms with Gasteiger partial charge in [-0.25, -0.2) is 8.42 Å². The van der Waals surface area contributed by atoms with E-state index in [-0.39, 0.29) is 11.8 Å². The molecule has 0 spiro atoms. The lowest BCUT2D eigenvalue weighted by Crippen LogP contribution is -2.42. The lowest BCUT2D eigenvalue weighted by molar-refractivity contribution is -0.126. The Hall–Kier alpha value is -2.44. The van der Waals surface area contributed by atoms with Crippen molar-refractivity contribution >= 4 is 22.0 Å². The first-order chi connectivity index (χ1) is 13.0. The fourth-order valence-corrected chi connectivity index (χ4v) is 4.34. The molecule has 1 N–H and O–H groups in total. The van der Waals surface area contributed by atoms with Crippen molar-refractivity contribution in [2.24, 2.45) is 5.92 Å². The predicted octanol–water partition coefficient (Wildman–Crippen LogP) is 3.02. The van der Waals surface area contributed by atoms with Crippen LogP contribution in [0.3, 0.4) is 0 Å². The van der Waals surface area contributed by atoms with Crippen LogP contribution in [0.4, 0.5) is 0 Å². The Morgan fingerprint density at radius 3 is 2.22 bits per heavy atom. The summed E-state index contributed by atoms with van der Waals surface area (Å²) < 4.78 is 26.4. The van der Waals surface area contributed by atoms with E-state index < -0.39 is 10.0 Å². The summed E-state index contributed by atoms with van der Waals surface area (Å²) >= 11 is 0. The summed E-state index contributed by atoms with van der Waals surface area (Å²) in [6.07, 6.45) is 2.69. The Balaban J connectivity index is 1.50. The molecule has 1 heterocycles. The molecule has 0 aliphatic carbocycles. The Kier molecular flexibility index (Phi) is 6.42. The van der Waals surface area contributed by atoms with Gasteiger partial charge in [-0.3, -0.25) is 4.79 Å². The minimum atomic E-state index is -3.46. The van der Waals surface area contributed by atoms with Crippen molar-refractivity contribution in [1.29, 1.82) is 0 Å². The first-order valence-electron chi connectivity index (χ1n) is 9.09. The van der Waals surface area contributed by atoms with Crippen LogP contribution in [0.25, 0.3) is 6.08 Å². The highest BCUT2D eigenvalue weighted by molar-refractivity contribution is 7.92. The predicted molar refractivity (Wildman–Crippen MR) is 107 cm³/mol. The van der Waals surface area contributed by atoms with E-state index in [9.17, 15) is 13.2 Å². The second-order valence-corrected chi connectivity index (χ2v) is 8.45. The average Bonchev–Trinajstić information content (AvgIpc) is 2.72. The highest BCUT2D eigenvalue weighted by Crippen LogP contribution is 2.21. The summed E-state index contributed by atoms with van der Waals surface area (Å²) in [5.74, 6) is -0.144. The number of piperidine rings is 1. The van der Waals surface area contributed by atoms with E-state index in [0.29, 0.717) is 32.5 Å². The van der Waals surface area contributed by atoms with Crippen molar-refractivity contribution < 1.29 is 13.2 Å². The fourth-order valence-electron chi connectivity index (χ4n) is 3.12. The minimum Gasteiger partial charge on any atom is -0.352 e. The quantitative estimate of drug-likeness (QED) is 0.833. The number of rotatable bonds is 6. The number of amides is 1. The molecule has 0 atom stereocenters. The zero-order valence-electron chi connectivity index (χ0n) is 15.1. The maximum atomic E-state index is 12.5. The van der Waals surface area contributed by atoms with E-state index in [1.54, 1.807) is 6.08 Å². The summed E-state index contributed by atoms with van der Waals surface area (Å²) in [5.41, 5.74) is 1.90. The standard InChI is InChI=1S/C21H24N2O3S/c24-21(22-17-19-9-5-2-6-10-19)20-11-14-23(15-12-20)27(25,26)16-13-18-7-3-1-4-8-18/h1-10,13,16,20H,11-12,14-15,17H2,(H,22,24)/b16-13+. The van der Waals surface area contributed by atoms with Crippen LogP contribution in [-0.4, -0.2) is 31.7 Å². The number of hydrogen-bond acceptors (Lipinski definition) is 3. The Morgan fingerprint density at radius 1 is 1.00 bits per heavy atom. The van der Waals surface area contributed by atoms with E-state index in [1.165, 1.54) is 9.71 Å². The maximum Gasteiger partial charge on any atom is 0.236 e. The molecule has 5 nitrogen and oxygen atoms in total. The lowest BCUT2D eigenvalue weighted by Gasteiger charge is -2.29. The van der Waals surface area contributed by atoms with Crippen molar-refractivity contribution in [2.45, 2.75) is 19.4 Å². The lowest BCUT2D eigenvalue weighted by atomic mass is 9.97. The van der Waals surface area contributed by atoms with Gasteiger partial charge in [0, 0.05) is 31.0 Å². The van der Waals surface area contributed by atoms with Gasteiger partial charge in [0.2, 0.25) is 15.9 Å². The topological polar surface area (TPSA) is 66.5 Å². The highest BCUT2D eigenvalue weighted by Gasteiger charge is 2.29. The molecule has 142 valence electrons. The molecule has 0 aromatic heterocycles. The summed E-state index contributed by atoms with van der Waals surface area (Å²) in [6, 6.07) is 19.1. The molecular weight excluding hydrogens is 360 g/mol. The van der Waals surface area contributed by atoms with Crippen molar-refractivity contribution in [2.75, 3.05) is 13.1 Å². The number of nitrogens with one attached hydrogen (secondary N) is 1. The Labute approximate surface area is 160 Å². The van der Waals surface area contributed by atoms with Gasteiger partial charge in [0.25, 0.3) is 0 Å². The summed E-state index contributed by atoms with van der Waals surface area (Å²) in [6.45, 7) is 1.23. The minimum absolute atomic E-state index is 0.00395. The van der Waals surface area contributed by atoms with Crippen LogP contribution in [0.1, 0.15) is 24.0 Å². The van der Waals surface area contributed by atoms with Gasteiger partial charge in [0.1, 0.15) is 0 Å². The largest absolute Gasteiger partial charge is 0.352 e. The second-order valence-electron chi connectivity index (χ2n) is 6.64. The number of carbonyl (C=O) groups is 1. The number of benzene rings is 2. The first-order valence-corrected chi connectivity index (χ1v) is 10.6. The Bertz CT molecular complexity index is 872.